The number of methoxy groups -OCH3 is 1. The fourth-order valence-electron chi connectivity index (χ4n) is 2.64. The summed E-state index contributed by atoms with van der Waals surface area (Å²) < 4.78 is 38.0. The fraction of sp³-hybridized carbons (Fsp3) is 0.500. The van der Waals surface area contributed by atoms with Crippen LogP contribution in [0.5, 0.6) is 5.75 Å². The average molecular weight is 360 g/mol. The van der Waals surface area contributed by atoms with Crippen molar-refractivity contribution >= 4 is 27.6 Å². The summed E-state index contributed by atoms with van der Waals surface area (Å²) in [4.78, 5) is 6.36. The summed E-state index contributed by atoms with van der Waals surface area (Å²) in [6, 6.07) is 4.56. The van der Waals surface area contributed by atoms with Gasteiger partial charge in [0.1, 0.15) is 10.6 Å². The van der Waals surface area contributed by atoms with Gasteiger partial charge in [-0.15, -0.1) is 0 Å². The number of morpholine rings is 1. The number of benzene rings is 1. The van der Waals surface area contributed by atoms with Gasteiger partial charge in [-0.05, 0) is 18.2 Å². The molecule has 2 aliphatic heterocycles. The summed E-state index contributed by atoms with van der Waals surface area (Å²) in [5, 5.41) is 0.341. The van der Waals surface area contributed by atoms with Gasteiger partial charge in [0.25, 0.3) is 10.0 Å². The second-order valence-corrected chi connectivity index (χ2v) is 7.42. The quantitative estimate of drug-likeness (QED) is 0.806. The molecule has 0 spiro atoms. The van der Waals surface area contributed by atoms with Gasteiger partial charge in [0.2, 0.25) is 5.96 Å². The lowest BCUT2D eigenvalue weighted by Gasteiger charge is -2.33. The van der Waals surface area contributed by atoms with Crippen LogP contribution in [0.1, 0.15) is 0 Å². The van der Waals surface area contributed by atoms with Crippen LogP contribution in [0.25, 0.3) is 0 Å². The number of rotatable bonds is 3. The normalized spacial score (nSPS) is 19.0. The molecular weight excluding hydrogens is 342 g/mol. The van der Waals surface area contributed by atoms with Crippen molar-refractivity contribution in [2.24, 2.45) is 4.99 Å². The van der Waals surface area contributed by atoms with Crippen LogP contribution < -0.4 is 4.74 Å². The summed E-state index contributed by atoms with van der Waals surface area (Å²) in [5.41, 5.74) is 0. The summed E-state index contributed by atoms with van der Waals surface area (Å²) in [7, 11) is -2.36. The smallest absolute Gasteiger partial charge is 0.270 e. The third-order valence-corrected chi connectivity index (χ3v) is 5.80. The molecule has 3 rings (SSSR count). The molecule has 7 nitrogen and oxygen atoms in total. The van der Waals surface area contributed by atoms with E-state index in [0.717, 1.165) is 0 Å². The number of nitrogens with zero attached hydrogens (tertiary/aromatic N) is 3. The van der Waals surface area contributed by atoms with Gasteiger partial charge >= 0.3 is 0 Å². The highest BCUT2D eigenvalue weighted by atomic mass is 35.5. The molecule has 0 amide bonds. The number of hydrogen-bond donors (Lipinski definition) is 0. The SMILES string of the molecule is COc1ccc(Cl)cc1S(=O)(=O)N1CCN=C1N1CCOCC1. The minimum atomic E-state index is -3.79. The van der Waals surface area contributed by atoms with Crippen LogP contribution in [0.15, 0.2) is 28.1 Å². The van der Waals surface area contributed by atoms with E-state index in [9.17, 15) is 8.42 Å². The van der Waals surface area contributed by atoms with Gasteiger partial charge < -0.3 is 14.4 Å². The first kappa shape index (κ1) is 16.4. The van der Waals surface area contributed by atoms with E-state index in [1.807, 2.05) is 4.90 Å². The van der Waals surface area contributed by atoms with E-state index < -0.39 is 10.0 Å². The van der Waals surface area contributed by atoms with Gasteiger partial charge in [0.15, 0.2) is 0 Å². The Balaban J connectivity index is 1.96. The van der Waals surface area contributed by atoms with Gasteiger partial charge in [-0.2, -0.15) is 0 Å². The lowest BCUT2D eigenvalue weighted by molar-refractivity contribution is 0.0652. The summed E-state index contributed by atoms with van der Waals surface area (Å²) in [5.74, 6) is 0.734. The van der Waals surface area contributed by atoms with E-state index in [-0.39, 0.29) is 10.6 Å². The molecule has 0 aliphatic carbocycles. The maximum Gasteiger partial charge on any atom is 0.270 e. The van der Waals surface area contributed by atoms with Crippen molar-refractivity contribution in [1.29, 1.82) is 0 Å². The molecular formula is C14H18ClN3O4S. The molecule has 126 valence electrons. The maximum atomic E-state index is 13.1. The van der Waals surface area contributed by atoms with E-state index in [0.29, 0.717) is 50.4 Å². The molecule has 0 N–H and O–H groups in total. The topological polar surface area (TPSA) is 71.4 Å². The van der Waals surface area contributed by atoms with Gasteiger partial charge in [-0.3, -0.25) is 4.99 Å². The summed E-state index contributed by atoms with van der Waals surface area (Å²) in [6.45, 7) is 3.12. The molecule has 23 heavy (non-hydrogen) atoms. The van der Waals surface area contributed by atoms with E-state index in [4.69, 9.17) is 21.1 Å². The molecule has 2 aliphatic rings. The van der Waals surface area contributed by atoms with Crippen LogP contribution in [0.2, 0.25) is 5.02 Å². The molecule has 1 aromatic rings. The molecule has 0 saturated carbocycles. The Labute approximate surface area is 140 Å². The maximum absolute atomic E-state index is 13.1. The van der Waals surface area contributed by atoms with Crippen molar-refractivity contribution in [2.75, 3.05) is 46.5 Å². The van der Waals surface area contributed by atoms with Crippen molar-refractivity contribution in [3.05, 3.63) is 23.2 Å². The Morgan fingerprint density at radius 2 is 2.00 bits per heavy atom. The van der Waals surface area contributed by atoms with Crippen molar-refractivity contribution in [2.45, 2.75) is 4.90 Å². The highest BCUT2D eigenvalue weighted by Crippen LogP contribution is 2.31. The monoisotopic (exact) mass is 359 g/mol. The number of ether oxygens (including phenoxy) is 2. The second kappa shape index (κ2) is 6.54. The number of halogens is 1. The van der Waals surface area contributed by atoms with Crippen LogP contribution in [0.4, 0.5) is 0 Å². The molecule has 0 atom stereocenters. The van der Waals surface area contributed by atoms with Crippen molar-refractivity contribution in [3.63, 3.8) is 0 Å². The fourth-order valence-corrected chi connectivity index (χ4v) is 4.51. The third kappa shape index (κ3) is 3.11. The van der Waals surface area contributed by atoms with E-state index in [1.54, 1.807) is 12.1 Å². The Kier molecular flexibility index (Phi) is 4.65. The van der Waals surface area contributed by atoms with E-state index in [2.05, 4.69) is 4.99 Å². The first-order valence-electron chi connectivity index (χ1n) is 7.27. The first-order valence-corrected chi connectivity index (χ1v) is 9.09. The molecule has 1 aromatic carbocycles. The van der Waals surface area contributed by atoms with Crippen LogP contribution in [0.3, 0.4) is 0 Å². The molecule has 1 saturated heterocycles. The highest BCUT2D eigenvalue weighted by Gasteiger charge is 2.36. The van der Waals surface area contributed by atoms with Crippen LogP contribution in [-0.2, 0) is 14.8 Å². The van der Waals surface area contributed by atoms with Crippen LogP contribution in [-0.4, -0.2) is 70.1 Å². The number of guanidine groups is 1. The zero-order chi connectivity index (χ0) is 16.4. The zero-order valence-corrected chi connectivity index (χ0v) is 14.3. The van der Waals surface area contributed by atoms with Gasteiger partial charge in [0.05, 0.1) is 33.4 Å². The van der Waals surface area contributed by atoms with E-state index in [1.165, 1.54) is 17.5 Å². The third-order valence-electron chi connectivity index (χ3n) is 3.77. The predicted molar refractivity (Wildman–Crippen MR) is 86.6 cm³/mol. The van der Waals surface area contributed by atoms with Crippen LogP contribution in [0, 0.1) is 0 Å². The molecule has 0 bridgehead atoms. The standard InChI is InChI=1S/C14H18ClN3O4S/c1-21-12-3-2-11(15)10-13(12)23(19,20)18-5-4-16-14(18)17-6-8-22-9-7-17/h2-3,10H,4-9H2,1H3. The largest absolute Gasteiger partial charge is 0.495 e. The van der Waals surface area contributed by atoms with Crippen molar-refractivity contribution < 1.29 is 17.9 Å². The molecule has 2 heterocycles. The van der Waals surface area contributed by atoms with Gasteiger partial charge in [0, 0.05) is 18.1 Å². The van der Waals surface area contributed by atoms with Crippen LogP contribution >= 0.6 is 11.6 Å². The Bertz CT molecular complexity index is 717. The molecule has 9 heteroatoms. The Morgan fingerprint density at radius 3 is 2.70 bits per heavy atom. The van der Waals surface area contributed by atoms with Gasteiger partial charge in [-0.1, -0.05) is 11.6 Å². The Hall–Kier alpha value is -1.51. The molecule has 0 unspecified atom stereocenters. The Morgan fingerprint density at radius 1 is 1.26 bits per heavy atom. The molecule has 0 radical (unpaired) electrons. The number of aliphatic imine (C=N–C) groups is 1. The van der Waals surface area contributed by atoms with Gasteiger partial charge in [-0.25, -0.2) is 12.7 Å². The van der Waals surface area contributed by atoms with E-state index >= 15 is 0 Å². The zero-order valence-electron chi connectivity index (χ0n) is 12.7. The molecule has 0 aromatic heterocycles. The number of sulfonamides is 1. The summed E-state index contributed by atoms with van der Waals surface area (Å²) in [6.07, 6.45) is 0. The highest BCUT2D eigenvalue weighted by molar-refractivity contribution is 7.89. The number of hydrogen-bond acceptors (Lipinski definition) is 6. The average Bonchev–Trinajstić information content (AvgIpc) is 3.06. The van der Waals surface area contributed by atoms with Crippen molar-refractivity contribution in [3.8, 4) is 5.75 Å². The minimum absolute atomic E-state index is 0.0513. The predicted octanol–water partition coefficient (Wildman–Crippen LogP) is 1.04. The molecule has 1 fully saturated rings. The second-order valence-electron chi connectivity index (χ2n) is 5.15. The first-order chi connectivity index (χ1) is 11.0. The lowest BCUT2D eigenvalue weighted by Crippen LogP contribution is -2.49. The lowest BCUT2D eigenvalue weighted by atomic mass is 10.3. The summed E-state index contributed by atoms with van der Waals surface area (Å²) >= 11 is 5.98. The van der Waals surface area contributed by atoms with Crippen molar-refractivity contribution in [1.82, 2.24) is 9.21 Å². The minimum Gasteiger partial charge on any atom is -0.495 e.